The molecule has 5 heteroatoms. The minimum Gasteiger partial charge on any atom is -0.464 e. The first-order valence-electron chi connectivity index (χ1n) is 6.69. The maximum Gasteiger partial charge on any atom is 0.329 e. The van der Waals surface area contributed by atoms with Crippen molar-refractivity contribution in [2.24, 2.45) is 0 Å². The summed E-state index contributed by atoms with van der Waals surface area (Å²) in [6, 6.07) is -0.524. The first-order chi connectivity index (χ1) is 8.71. The lowest BCUT2D eigenvalue weighted by atomic mass is 10.1. The van der Waals surface area contributed by atoms with Crippen molar-refractivity contribution in [2.45, 2.75) is 57.7 Å². The predicted octanol–water partition coefficient (Wildman–Crippen LogP) is 2.37. The van der Waals surface area contributed by atoms with Crippen molar-refractivity contribution in [3.8, 4) is 0 Å². The lowest BCUT2D eigenvalue weighted by Gasteiger charge is -2.24. The van der Waals surface area contributed by atoms with Crippen LogP contribution in [0.1, 0.15) is 46.5 Å². The fraction of sp³-hybridized carbons (Fsp3) is 0.846. The zero-order valence-electron chi connectivity index (χ0n) is 11.6. The molecule has 18 heavy (non-hydrogen) atoms. The highest BCUT2D eigenvalue weighted by Crippen LogP contribution is 2.22. The van der Waals surface area contributed by atoms with E-state index in [0.29, 0.717) is 13.0 Å². The van der Waals surface area contributed by atoms with Crippen molar-refractivity contribution in [1.82, 2.24) is 5.32 Å². The summed E-state index contributed by atoms with van der Waals surface area (Å²) in [6.45, 7) is 6.32. The molecule has 1 amide bonds. The standard InChI is InChI=1S/C13H25NO3S/c1-4-7-8-9-11(18-6-3)12(14-10-15)13(16)17-5-2/h10-12H,4-9H2,1-3H3,(H,14,15). The minimum absolute atomic E-state index is 0.103. The molecule has 0 fully saturated rings. The van der Waals surface area contributed by atoms with Crippen LogP contribution in [0.3, 0.4) is 0 Å². The van der Waals surface area contributed by atoms with Gasteiger partial charge in [0.05, 0.1) is 6.61 Å². The maximum absolute atomic E-state index is 11.8. The summed E-state index contributed by atoms with van der Waals surface area (Å²) >= 11 is 1.71. The molecule has 2 unspecified atom stereocenters. The smallest absolute Gasteiger partial charge is 0.329 e. The fourth-order valence-electron chi connectivity index (χ4n) is 1.79. The molecule has 0 bridgehead atoms. The lowest BCUT2D eigenvalue weighted by Crippen LogP contribution is -2.45. The predicted molar refractivity (Wildman–Crippen MR) is 75.7 cm³/mol. The average molecular weight is 275 g/mol. The van der Waals surface area contributed by atoms with Crippen molar-refractivity contribution in [1.29, 1.82) is 0 Å². The maximum atomic E-state index is 11.8. The van der Waals surface area contributed by atoms with Gasteiger partial charge >= 0.3 is 5.97 Å². The molecule has 0 spiro atoms. The Morgan fingerprint density at radius 2 is 2.06 bits per heavy atom. The molecule has 0 aromatic carbocycles. The van der Waals surface area contributed by atoms with E-state index >= 15 is 0 Å². The van der Waals surface area contributed by atoms with E-state index in [4.69, 9.17) is 4.74 Å². The Bertz CT molecular complexity index is 236. The molecule has 4 nitrogen and oxygen atoms in total. The van der Waals surface area contributed by atoms with Gasteiger partial charge in [-0.1, -0.05) is 33.1 Å². The van der Waals surface area contributed by atoms with Crippen LogP contribution in [0.5, 0.6) is 0 Å². The number of rotatable bonds is 11. The molecule has 0 aliphatic heterocycles. The number of thioether (sulfide) groups is 1. The molecule has 0 saturated carbocycles. The average Bonchev–Trinajstić information content (AvgIpc) is 2.35. The molecule has 1 N–H and O–H groups in total. The van der Waals surface area contributed by atoms with Gasteiger partial charge in [0.25, 0.3) is 0 Å². The number of hydrogen-bond donors (Lipinski definition) is 1. The van der Waals surface area contributed by atoms with Gasteiger partial charge in [0.1, 0.15) is 6.04 Å². The fourth-order valence-corrected chi connectivity index (χ4v) is 2.93. The van der Waals surface area contributed by atoms with Gasteiger partial charge in [0, 0.05) is 5.25 Å². The highest BCUT2D eigenvalue weighted by molar-refractivity contribution is 7.99. The monoisotopic (exact) mass is 275 g/mol. The topological polar surface area (TPSA) is 55.4 Å². The van der Waals surface area contributed by atoms with Crippen LogP contribution in [0, 0.1) is 0 Å². The van der Waals surface area contributed by atoms with E-state index in [9.17, 15) is 9.59 Å². The van der Waals surface area contributed by atoms with E-state index in [1.54, 1.807) is 18.7 Å². The molecule has 0 rings (SSSR count). The SMILES string of the molecule is CCCCCC(SCC)C(NC=O)C(=O)OCC. The third-order valence-electron chi connectivity index (χ3n) is 2.63. The number of ether oxygens (including phenoxy) is 1. The molecule has 0 heterocycles. The van der Waals surface area contributed by atoms with Gasteiger partial charge < -0.3 is 10.1 Å². The summed E-state index contributed by atoms with van der Waals surface area (Å²) in [5, 5.41) is 2.71. The number of carbonyl (C=O) groups is 2. The van der Waals surface area contributed by atoms with Gasteiger partial charge in [-0.2, -0.15) is 11.8 Å². The normalized spacial score (nSPS) is 13.7. The van der Waals surface area contributed by atoms with E-state index in [0.717, 1.165) is 31.4 Å². The summed E-state index contributed by atoms with van der Waals surface area (Å²) in [5.41, 5.74) is 0. The summed E-state index contributed by atoms with van der Waals surface area (Å²) in [4.78, 5) is 22.5. The minimum atomic E-state index is -0.524. The van der Waals surface area contributed by atoms with E-state index in [1.165, 1.54) is 0 Å². The molecule has 0 aromatic rings. The highest BCUT2D eigenvalue weighted by Gasteiger charge is 2.28. The van der Waals surface area contributed by atoms with E-state index in [1.807, 2.05) is 0 Å². The van der Waals surface area contributed by atoms with Crippen molar-refractivity contribution >= 4 is 24.1 Å². The second-order valence-corrected chi connectivity index (χ2v) is 5.52. The quantitative estimate of drug-likeness (QED) is 0.357. The Labute approximate surface area is 114 Å². The third-order valence-corrected chi connectivity index (χ3v) is 3.90. The second-order valence-electron chi connectivity index (χ2n) is 4.00. The van der Waals surface area contributed by atoms with E-state index < -0.39 is 6.04 Å². The molecule has 0 saturated heterocycles. The Balaban J connectivity index is 4.52. The largest absolute Gasteiger partial charge is 0.464 e. The van der Waals surface area contributed by atoms with Crippen LogP contribution >= 0.6 is 11.8 Å². The summed E-state index contributed by atoms with van der Waals surface area (Å²) < 4.78 is 5.02. The molecule has 0 aliphatic carbocycles. The van der Waals surface area contributed by atoms with Gasteiger partial charge in [0.15, 0.2) is 0 Å². The molecule has 0 aliphatic rings. The van der Waals surface area contributed by atoms with Gasteiger partial charge in [-0.25, -0.2) is 4.79 Å². The molecule has 106 valence electrons. The first-order valence-corrected chi connectivity index (χ1v) is 7.73. The van der Waals surface area contributed by atoms with Crippen molar-refractivity contribution < 1.29 is 14.3 Å². The van der Waals surface area contributed by atoms with Crippen LogP contribution in [0.25, 0.3) is 0 Å². The molecule has 0 radical (unpaired) electrons. The van der Waals surface area contributed by atoms with Gasteiger partial charge in [0.2, 0.25) is 6.41 Å². The first kappa shape index (κ1) is 17.3. The summed E-state index contributed by atoms with van der Waals surface area (Å²) in [6.07, 6.45) is 4.89. The van der Waals surface area contributed by atoms with Crippen molar-refractivity contribution in [2.75, 3.05) is 12.4 Å². The number of unbranched alkanes of at least 4 members (excludes halogenated alkanes) is 2. The molecular formula is C13H25NO3S. The number of nitrogens with one attached hydrogen (secondary N) is 1. The third kappa shape index (κ3) is 6.89. The number of carbonyl (C=O) groups excluding carboxylic acids is 2. The number of amides is 1. The van der Waals surface area contributed by atoms with Crippen LogP contribution in [0.4, 0.5) is 0 Å². The molecular weight excluding hydrogens is 250 g/mol. The Hall–Kier alpha value is -0.710. The second kappa shape index (κ2) is 11.4. The van der Waals surface area contributed by atoms with Gasteiger partial charge in [-0.05, 0) is 19.1 Å². The zero-order chi connectivity index (χ0) is 13.8. The number of hydrogen-bond acceptors (Lipinski definition) is 4. The Kier molecular flexibility index (Phi) is 10.9. The summed E-state index contributed by atoms with van der Waals surface area (Å²) in [7, 11) is 0. The van der Waals surface area contributed by atoms with Crippen LogP contribution in [-0.4, -0.2) is 36.0 Å². The van der Waals surface area contributed by atoms with Crippen LogP contribution in [0.2, 0.25) is 0 Å². The van der Waals surface area contributed by atoms with Crippen LogP contribution < -0.4 is 5.32 Å². The van der Waals surface area contributed by atoms with E-state index in [-0.39, 0.29) is 11.2 Å². The molecule has 0 aromatic heterocycles. The van der Waals surface area contributed by atoms with Gasteiger partial charge in [-0.3, -0.25) is 4.79 Å². The van der Waals surface area contributed by atoms with Crippen molar-refractivity contribution in [3.63, 3.8) is 0 Å². The Morgan fingerprint density at radius 1 is 1.33 bits per heavy atom. The van der Waals surface area contributed by atoms with Crippen LogP contribution in [0.15, 0.2) is 0 Å². The summed E-state index contributed by atoms with van der Waals surface area (Å²) in [5.74, 6) is 0.597. The van der Waals surface area contributed by atoms with Gasteiger partial charge in [-0.15, -0.1) is 0 Å². The van der Waals surface area contributed by atoms with Crippen molar-refractivity contribution in [3.05, 3.63) is 0 Å². The zero-order valence-corrected chi connectivity index (χ0v) is 12.4. The van der Waals surface area contributed by atoms with E-state index in [2.05, 4.69) is 19.2 Å². The number of esters is 1. The lowest BCUT2D eigenvalue weighted by molar-refractivity contribution is -0.146. The molecule has 2 atom stereocenters. The highest BCUT2D eigenvalue weighted by atomic mass is 32.2. The van der Waals surface area contributed by atoms with Crippen LogP contribution in [-0.2, 0) is 14.3 Å². The Morgan fingerprint density at radius 3 is 2.56 bits per heavy atom.